The van der Waals surface area contributed by atoms with Gasteiger partial charge in [0.25, 0.3) is 5.91 Å². The van der Waals surface area contributed by atoms with Gasteiger partial charge in [0.1, 0.15) is 0 Å². The first-order valence-electron chi connectivity index (χ1n) is 9.76. The van der Waals surface area contributed by atoms with Gasteiger partial charge in [0, 0.05) is 11.8 Å². The fourth-order valence-corrected chi connectivity index (χ4v) is 5.12. The maximum absolute atomic E-state index is 13.5. The number of hydrogen-bond donors (Lipinski definition) is 0. The Balaban J connectivity index is 1.77. The first-order valence-corrected chi connectivity index (χ1v) is 12.5. The first kappa shape index (κ1) is 21.2. The molecule has 0 atom stereocenters. The number of nitrogens with zero attached hydrogens (tertiary/aromatic N) is 2. The summed E-state index contributed by atoms with van der Waals surface area (Å²) in [6, 6.07) is 19.9. The van der Waals surface area contributed by atoms with Gasteiger partial charge < -0.3 is 0 Å². The van der Waals surface area contributed by atoms with E-state index in [4.69, 9.17) is 4.98 Å². The zero-order valence-electron chi connectivity index (χ0n) is 17.5. The molecule has 0 spiro atoms. The summed E-state index contributed by atoms with van der Waals surface area (Å²) in [5, 5.41) is 0.616. The number of thiazole rings is 1. The second-order valence-electron chi connectivity index (χ2n) is 7.60. The van der Waals surface area contributed by atoms with Crippen molar-refractivity contribution in [1.82, 2.24) is 4.98 Å². The first-order chi connectivity index (χ1) is 14.7. The van der Waals surface area contributed by atoms with Crippen LogP contribution in [0.15, 0.2) is 71.6 Å². The van der Waals surface area contributed by atoms with Crippen LogP contribution < -0.4 is 4.90 Å². The van der Waals surface area contributed by atoms with Crippen molar-refractivity contribution in [1.29, 1.82) is 0 Å². The minimum absolute atomic E-state index is 0.185. The SMILES string of the molecule is Cc1cc(C)c2sc(N(Cc3ccccc3)C(=O)c3ccc(S(C)(=O)=O)cc3)nc2c1. The summed E-state index contributed by atoms with van der Waals surface area (Å²) >= 11 is 1.49. The number of anilines is 1. The molecule has 0 unspecified atom stereocenters. The van der Waals surface area contributed by atoms with Gasteiger partial charge in [-0.25, -0.2) is 13.4 Å². The van der Waals surface area contributed by atoms with Crippen LogP contribution in [0.2, 0.25) is 0 Å². The van der Waals surface area contributed by atoms with E-state index in [2.05, 4.69) is 6.07 Å². The molecular formula is C24H22N2O3S2. The third-order valence-corrected chi connectivity index (χ3v) is 7.36. The van der Waals surface area contributed by atoms with Crippen LogP contribution in [0.3, 0.4) is 0 Å². The zero-order chi connectivity index (χ0) is 22.2. The summed E-state index contributed by atoms with van der Waals surface area (Å²) in [4.78, 5) is 20.1. The van der Waals surface area contributed by atoms with Crippen molar-refractivity contribution >= 4 is 42.4 Å². The van der Waals surface area contributed by atoms with Crippen LogP contribution in [0.4, 0.5) is 5.13 Å². The summed E-state index contributed by atoms with van der Waals surface area (Å²) in [7, 11) is -3.33. The Labute approximate surface area is 185 Å². The molecule has 1 aromatic heterocycles. The van der Waals surface area contributed by atoms with Crippen LogP contribution in [0.5, 0.6) is 0 Å². The molecule has 1 heterocycles. The molecule has 0 saturated carbocycles. The van der Waals surface area contributed by atoms with Crippen molar-refractivity contribution in [3.05, 3.63) is 89.0 Å². The lowest BCUT2D eigenvalue weighted by molar-refractivity contribution is 0.0985. The maximum Gasteiger partial charge on any atom is 0.260 e. The Morgan fingerprint density at radius 3 is 2.32 bits per heavy atom. The van der Waals surface area contributed by atoms with E-state index in [-0.39, 0.29) is 10.8 Å². The molecule has 31 heavy (non-hydrogen) atoms. The number of aryl methyl sites for hydroxylation is 2. The van der Waals surface area contributed by atoms with Crippen LogP contribution in [-0.4, -0.2) is 25.6 Å². The van der Waals surface area contributed by atoms with Gasteiger partial charge in [-0.2, -0.15) is 0 Å². The predicted molar refractivity (Wildman–Crippen MR) is 126 cm³/mol. The highest BCUT2D eigenvalue weighted by Gasteiger charge is 2.23. The molecule has 1 amide bonds. The summed E-state index contributed by atoms with van der Waals surface area (Å²) in [5.41, 5.74) is 4.52. The van der Waals surface area contributed by atoms with Gasteiger partial charge in [-0.15, -0.1) is 0 Å². The minimum Gasteiger partial charge on any atom is -0.279 e. The van der Waals surface area contributed by atoms with Crippen molar-refractivity contribution in [3.63, 3.8) is 0 Å². The Hall–Kier alpha value is -3.03. The number of amides is 1. The van der Waals surface area contributed by atoms with Crippen molar-refractivity contribution in [2.45, 2.75) is 25.3 Å². The largest absolute Gasteiger partial charge is 0.279 e. The zero-order valence-corrected chi connectivity index (χ0v) is 19.1. The molecule has 4 rings (SSSR count). The van der Waals surface area contributed by atoms with E-state index in [1.54, 1.807) is 17.0 Å². The number of carbonyl (C=O) groups excluding carboxylic acids is 1. The molecule has 0 saturated heterocycles. The van der Waals surface area contributed by atoms with Crippen molar-refractivity contribution in [2.24, 2.45) is 0 Å². The van der Waals surface area contributed by atoms with Crippen molar-refractivity contribution in [3.8, 4) is 0 Å². The summed E-state index contributed by atoms with van der Waals surface area (Å²) in [6.07, 6.45) is 1.15. The molecule has 0 aliphatic carbocycles. The molecule has 0 aliphatic heterocycles. The number of rotatable bonds is 5. The van der Waals surface area contributed by atoms with E-state index in [0.717, 1.165) is 33.2 Å². The highest BCUT2D eigenvalue weighted by atomic mass is 32.2. The van der Waals surface area contributed by atoms with Gasteiger partial charge in [0.15, 0.2) is 15.0 Å². The lowest BCUT2D eigenvalue weighted by atomic mass is 10.1. The topological polar surface area (TPSA) is 67.3 Å². The highest BCUT2D eigenvalue weighted by Crippen LogP contribution is 2.33. The lowest BCUT2D eigenvalue weighted by Crippen LogP contribution is -2.30. The number of benzene rings is 3. The molecule has 158 valence electrons. The van der Waals surface area contributed by atoms with E-state index < -0.39 is 9.84 Å². The van der Waals surface area contributed by atoms with Crippen LogP contribution >= 0.6 is 11.3 Å². The molecule has 0 N–H and O–H groups in total. The molecule has 3 aromatic carbocycles. The van der Waals surface area contributed by atoms with Gasteiger partial charge in [-0.1, -0.05) is 47.7 Å². The Bertz CT molecular complexity index is 1360. The average molecular weight is 451 g/mol. The van der Waals surface area contributed by atoms with E-state index >= 15 is 0 Å². The highest BCUT2D eigenvalue weighted by molar-refractivity contribution is 7.90. The standard InChI is InChI=1S/C24H22N2O3S2/c1-16-13-17(2)22-21(14-16)25-24(30-22)26(15-18-7-5-4-6-8-18)23(27)19-9-11-20(12-10-19)31(3,28)29/h4-14H,15H2,1-3H3. The minimum atomic E-state index is -3.33. The summed E-state index contributed by atoms with van der Waals surface area (Å²) in [5.74, 6) is -0.225. The molecule has 5 nitrogen and oxygen atoms in total. The Morgan fingerprint density at radius 2 is 1.68 bits per heavy atom. The Kier molecular flexibility index (Phi) is 5.64. The van der Waals surface area contributed by atoms with Gasteiger partial charge >= 0.3 is 0 Å². The number of aromatic nitrogens is 1. The number of fused-ring (bicyclic) bond motifs is 1. The summed E-state index contributed by atoms with van der Waals surface area (Å²) in [6.45, 7) is 4.44. The third-order valence-electron chi connectivity index (χ3n) is 5.00. The Morgan fingerprint density at radius 1 is 1.00 bits per heavy atom. The molecule has 4 aromatic rings. The van der Waals surface area contributed by atoms with E-state index in [1.165, 1.54) is 23.5 Å². The fraction of sp³-hybridized carbons (Fsp3) is 0.167. The molecule has 0 bridgehead atoms. The molecule has 7 heteroatoms. The number of carbonyl (C=O) groups is 1. The second kappa shape index (κ2) is 8.24. The normalized spacial score (nSPS) is 11.6. The van der Waals surface area contributed by atoms with E-state index in [1.807, 2.05) is 50.2 Å². The summed E-state index contributed by atoms with van der Waals surface area (Å²) < 4.78 is 24.6. The molecular weight excluding hydrogens is 428 g/mol. The third kappa shape index (κ3) is 4.52. The second-order valence-corrected chi connectivity index (χ2v) is 10.6. The van der Waals surface area contributed by atoms with E-state index in [9.17, 15) is 13.2 Å². The molecule has 0 radical (unpaired) electrons. The number of hydrogen-bond acceptors (Lipinski definition) is 5. The molecule has 0 aliphatic rings. The van der Waals surface area contributed by atoms with Gasteiger partial charge in [0.05, 0.1) is 21.7 Å². The maximum atomic E-state index is 13.5. The predicted octanol–water partition coefficient (Wildman–Crippen LogP) is 5.16. The van der Waals surface area contributed by atoms with Gasteiger partial charge in [-0.3, -0.25) is 9.69 Å². The van der Waals surface area contributed by atoms with Crippen molar-refractivity contribution in [2.75, 3.05) is 11.2 Å². The lowest BCUT2D eigenvalue weighted by Gasteiger charge is -2.20. The monoisotopic (exact) mass is 450 g/mol. The van der Waals surface area contributed by atoms with Crippen LogP contribution in [0, 0.1) is 13.8 Å². The van der Waals surface area contributed by atoms with Crippen LogP contribution in [0.25, 0.3) is 10.2 Å². The number of sulfone groups is 1. The van der Waals surface area contributed by atoms with Crippen LogP contribution in [0.1, 0.15) is 27.0 Å². The quantitative estimate of drug-likeness (QED) is 0.421. The van der Waals surface area contributed by atoms with Gasteiger partial charge in [0.2, 0.25) is 0 Å². The van der Waals surface area contributed by atoms with E-state index in [0.29, 0.717) is 17.2 Å². The smallest absolute Gasteiger partial charge is 0.260 e. The van der Waals surface area contributed by atoms with Gasteiger partial charge in [-0.05, 0) is 60.9 Å². The average Bonchev–Trinajstić information content (AvgIpc) is 3.16. The molecule has 0 fully saturated rings. The van der Waals surface area contributed by atoms with Crippen molar-refractivity contribution < 1.29 is 13.2 Å². The van der Waals surface area contributed by atoms with Crippen LogP contribution in [-0.2, 0) is 16.4 Å². The fourth-order valence-electron chi connectivity index (χ4n) is 3.47.